The lowest BCUT2D eigenvalue weighted by atomic mass is 10.2. The lowest BCUT2D eigenvalue weighted by Gasteiger charge is -1.93. The molecule has 0 aliphatic heterocycles. The maximum atomic E-state index is 12.3. The highest BCUT2D eigenvalue weighted by Gasteiger charge is 2.01. The number of hydrogen-bond acceptors (Lipinski definition) is 0. The van der Waals surface area contributed by atoms with Crippen LogP contribution in [0.5, 0.6) is 5.75 Å². The summed E-state index contributed by atoms with van der Waals surface area (Å²) in [7, 11) is 0. The van der Waals surface area contributed by atoms with Gasteiger partial charge in [-0.2, -0.15) is 0 Å². The Morgan fingerprint density at radius 2 is 2.10 bits per heavy atom. The normalized spacial score (nSPS) is 9.80. The smallest absolute Gasteiger partial charge is 0.214 e. The summed E-state index contributed by atoms with van der Waals surface area (Å²) in [6, 6.07) is 3.19. The second-order valence-electron chi connectivity index (χ2n) is 1.90. The van der Waals surface area contributed by atoms with Crippen LogP contribution in [0, 0.1) is 5.82 Å². The second kappa shape index (κ2) is 2.64. The van der Waals surface area contributed by atoms with Crippen molar-refractivity contribution in [2.75, 3.05) is 0 Å². The van der Waals surface area contributed by atoms with E-state index in [-0.39, 0.29) is 5.56 Å². The predicted molar refractivity (Wildman–Crippen MR) is 31.3 cm³/mol. The zero-order chi connectivity index (χ0) is 7.56. The van der Waals surface area contributed by atoms with Gasteiger partial charge in [0.2, 0.25) is 5.75 Å². The number of rotatable bonds is 1. The van der Waals surface area contributed by atoms with Crippen molar-refractivity contribution in [1.82, 2.24) is 0 Å². The molecule has 0 heterocycles. The molecule has 10 heavy (non-hydrogen) atoms. The van der Waals surface area contributed by atoms with Crippen LogP contribution >= 0.6 is 0 Å². The molecule has 1 nitrogen and oxygen atoms in total. The van der Waals surface area contributed by atoms with Gasteiger partial charge in [-0.15, -0.1) is 0 Å². The van der Waals surface area contributed by atoms with Crippen molar-refractivity contribution >= 4 is 0 Å². The Kier molecular flexibility index (Phi) is 1.85. The molecule has 1 aromatic rings. The highest BCUT2D eigenvalue weighted by atomic mass is 19.1. The van der Waals surface area contributed by atoms with Gasteiger partial charge in [-0.3, -0.25) is 5.11 Å². The molecule has 53 valence electrons. The molecule has 0 bridgehead atoms. The van der Waals surface area contributed by atoms with Gasteiger partial charge in [0, 0.05) is 0 Å². The van der Waals surface area contributed by atoms with E-state index in [0.29, 0.717) is 0 Å². The highest BCUT2D eigenvalue weighted by Crippen LogP contribution is 2.17. The first-order valence-electron chi connectivity index (χ1n) is 2.75. The molecule has 0 saturated heterocycles. The molecule has 0 saturated carbocycles. The molecule has 0 fully saturated rings. The van der Waals surface area contributed by atoms with Gasteiger partial charge in [-0.05, 0) is 17.7 Å². The summed E-state index contributed by atoms with van der Waals surface area (Å²) in [5.74, 6) is -1.59. The molecule has 0 aliphatic carbocycles. The zero-order valence-electron chi connectivity index (χ0n) is 5.10. The summed E-state index contributed by atoms with van der Waals surface area (Å²) in [4.78, 5) is 0. The van der Waals surface area contributed by atoms with E-state index in [2.05, 4.69) is 0 Å². The quantitative estimate of drug-likeness (QED) is 0.575. The summed E-state index contributed by atoms with van der Waals surface area (Å²) >= 11 is 0. The molecular weight excluding hydrogens is 138 g/mol. The largest absolute Gasteiger partial charge is 0.287 e. The van der Waals surface area contributed by atoms with Gasteiger partial charge in [-0.25, -0.2) is 8.78 Å². The summed E-state index contributed by atoms with van der Waals surface area (Å²) < 4.78 is 24.1. The summed E-state index contributed by atoms with van der Waals surface area (Å²) in [5.41, 5.74) is 0.192. The average molecular weight is 143 g/mol. The van der Waals surface area contributed by atoms with Crippen LogP contribution in [0.25, 0.3) is 0 Å². The first kappa shape index (κ1) is 6.99. The molecule has 0 amide bonds. The van der Waals surface area contributed by atoms with Crippen LogP contribution in [0.1, 0.15) is 5.56 Å². The first-order valence-corrected chi connectivity index (χ1v) is 2.75. The lowest BCUT2D eigenvalue weighted by Crippen LogP contribution is -1.80. The number of alkyl halides is 1. The van der Waals surface area contributed by atoms with Gasteiger partial charge < -0.3 is 0 Å². The molecule has 1 aromatic carbocycles. The summed E-state index contributed by atoms with van der Waals surface area (Å²) in [6.45, 7) is -0.739. The van der Waals surface area contributed by atoms with Crippen LogP contribution in [-0.2, 0) is 11.8 Å². The Hall–Kier alpha value is -1.12. The fourth-order valence-corrected chi connectivity index (χ4v) is 0.627. The van der Waals surface area contributed by atoms with E-state index in [9.17, 15) is 13.9 Å². The minimum Gasteiger partial charge on any atom is -0.287 e. The van der Waals surface area contributed by atoms with E-state index in [1.54, 1.807) is 0 Å². The standard InChI is InChI=1S/C7H5F2O/c8-4-5-1-2-7(10)6(9)3-5/h1-3H,4H2. The molecule has 0 aliphatic rings. The van der Waals surface area contributed by atoms with Gasteiger partial charge in [0.05, 0.1) is 0 Å². The van der Waals surface area contributed by atoms with Crippen LogP contribution < -0.4 is 0 Å². The topological polar surface area (TPSA) is 19.9 Å². The van der Waals surface area contributed by atoms with Gasteiger partial charge in [0.1, 0.15) is 6.67 Å². The van der Waals surface area contributed by atoms with Crippen molar-refractivity contribution in [3.63, 3.8) is 0 Å². The molecule has 0 atom stereocenters. The third-order valence-corrected chi connectivity index (χ3v) is 1.15. The van der Waals surface area contributed by atoms with Crippen LogP contribution in [0.4, 0.5) is 8.78 Å². The van der Waals surface area contributed by atoms with E-state index >= 15 is 0 Å². The van der Waals surface area contributed by atoms with Crippen LogP contribution in [-0.4, -0.2) is 0 Å². The SMILES string of the molecule is [O]c1ccc(CF)cc1F. The molecule has 0 spiro atoms. The van der Waals surface area contributed by atoms with Gasteiger partial charge in [-0.1, -0.05) is 6.07 Å². The van der Waals surface area contributed by atoms with Crippen LogP contribution in [0.2, 0.25) is 0 Å². The van der Waals surface area contributed by atoms with E-state index < -0.39 is 18.2 Å². The van der Waals surface area contributed by atoms with Crippen molar-refractivity contribution < 1.29 is 13.9 Å². The zero-order valence-corrected chi connectivity index (χ0v) is 5.10. The Labute approximate surface area is 56.9 Å². The average Bonchev–Trinajstić information content (AvgIpc) is 1.95. The maximum absolute atomic E-state index is 12.3. The third kappa shape index (κ3) is 1.23. The Morgan fingerprint density at radius 1 is 1.40 bits per heavy atom. The number of benzene rings is 1. The summed E-state index contributed by atoms with van der Waals surface area (Å²) in [6.07, 6.45) is 0. The number of halogens is 2. The van der Waals surface area contributed by atoms with Crippen molar-refractivity contribution in [2.45, 2.75) is 6.67 Å². The minimum atomic E-state index is -0.893. The van der Waals surface area contributed by atoms with E-state index in [4.69, 9.17) is 0 Å². The van der Waals surface area contributed by atoms with Crippen LogP contribution in [0.3, 0.4) is 0 Å². The second-order valence-corrected chi connectivity index (χ2v) is 1.90. The molecule has 1 rings (SSSR count). The Bertz CT molecular complexity index is 235. The molecule has 1 radical (unpaired) electrons. The third-order valence-electron chi connectivity index (χ3n) is 1.15. The number of hydrogen-bond donors (Lipinski definition) is 0. The fourth-order valence-electron chi connectivity index (χ4n) is 0.627. The van der Waals surface area contributed by atoms with Crippen molar-refractivity contribution in [3.05, 3.63) is 29.6 Å². The molecule has 0 N–H and O–H groups in total. The molecular formula is C7H5F2O. The lowest BCUT2D eigenvalue weighted by molar-refractivity contribution is 0.329. The van der Waals surface area contributed by atoms with Crippen molar-refractivity contribution in [3.8, 4) is 5.75 Å². The monoisotopic (exact) mass is 143 g/mol. The van der Waals surface area contributed by atoms with Crippen molar-refractivity contribution in [1.29, 1.82) is 0 Å². The van der Waals surface area contributed by atoms with Gasteiger partial charge in [0.25, 0.3) is 0 Å². The van der Waals surface area contributed by atoms with E-state index in [1.807, 2.05) is 0 Å². The van der Waals surface area contributed by atoms with E-state index in [0.717, 1.165) is 12.1 Å². The predicted octanol–water partition coefficient (Wildman–Crippen LogP) is 2.44. The Balaban J connectivity index is 3.04. The van der Waals surface area contributed by atoms with Gasteiger partial charge >= 0.3 is 0 Å². The highest BCUT2D eigenvalue weighted by molar-refractivity contribution is 5.27. The Morgan fingerprint density at radius 3 is 2.60 bits per heavy atom. The van der Waals surface area contributed by atoms with Gasteiger partial charge in [0.15, 0.2) is 5.82 Å². The van der Waals surface area contributed by atoms with E-state index in [1.165, 1.54) is 6.07 Å². The van der Waals surface area contributed by atoms with Crippen molar-refractivity contribution in [2.24, 2.45) is 0 Å². The fraction of sp³-hybridized carbons (Fsp3) is 0.143. The maximum Gasteiger partial charge on any atom is 0.214 e. The summed E-state index contributed by atoms with van der Waals surface area (Å²) in [5, 5.41) is 10.4. The molecule has 0 unspecified atom stereocenters. The minimum absolute atomic E-state index is 0.192. The first-order chi connectivity index (χ1) is 4.74. The van der Waals surface area contributed by atoms with Crippen LogP contribution in [0.15, 0.2) is 18.2 Å². The molecule has 3 heteroatoms. The molecule has 0 aromatic heterocycles.